The molecule has 0 aliphatic heterocycles. The van der Waals surface area contributed by atoms with Crippen LogP contribution < -0.4 is 19.1 Å². The number of ether oxygens (including phenoxy) is 2. The van der Waals surface area contributed by atoms with E-state index in [-0.39, 0.29) is 12.2 Å². The van der Waals surface area contributed by atoms with Crippen LogP contribution in [-0.4, -0.2) is 41.3 Å². The number of carbonyl (C=O) groups excluding carboxylic acids is 1. The standard InChI is InChI=1S/C22H30N2O5S/c1-6-16-8-9-17(7-2)18(12-16)14-23-22(25)15-24(30(5,26)27)20-11-10-19(28-3)13-21(20)29-4/h8-13H,6-7,14-15H2,1-5H3,(H,23,25). The van der Waals surface area contributed by atoms with Gasteiger partial charge in [0.15, 0.2) is 0 Å². The van der Waals surface area contributed by atoms with Crippen molar-refractivity contribution in [1.82, 2.24) is 5.32 Å². The molecule has 0 bridgehead atoms. The molecule has 0 spiro atoms. The van der Waals surface area contributed by atoms with Gasteiger partial charge in [0, 0.05) is 12.6 Å². The van der Waals surface area contributed by atoms with Crippen LogP contribution in [0.5, 0.6) is 11.5 Å². The highest BCUT2D eigenvalue weighted by molar-refractivity contribution is 7.92. The minimum Gasteiger partial charge on any atom is -0.497 e. The third kappa shape index (κ3) is 5.89. The summed E-state index contributed by atoms with van der Waals surface area (Å²) in [7, 11) is -0.775. The van der Waals surface area contributed by atoms with Crippen molar-refractivity contribution < 1.29 is 22.7 Å². The average Bonchev–Trinajstić information content (AvgIpc) is 2.74. The maximum Gasteiger partial charge on any atom is 0.241 e. The molecule has 0 saturated heterocycles. The number of sulfonamides is 1. The fourth-order valence-electron chi connectivity index (χ4n) is 3.16. The second kappa shape index (κ2) is 10.3. The summed E-state index contributed by atoms with van der Waals surface area (Å²) >= 11 is 0. The molecule has 2 aromatic rings. The Hall–Kier alpha value is -2.74. The molecule has 0 atom stereocenters. The minimum atomic E-state index is -3.72. The number of hydrogen-bond acceptors (Lipinski definition) is 5. The molecule has 0 aliphatic rings. The summed E-state index contributed by atoms with van der Waals surface area (Å²) in [6, 6.07) is 11.0. The Bertz CT molecular complexity index is 989. The van der Waals surface area contributed by atoms with Gasteiger partial charge in [-0.1, -0.05) is 32.0 Å². The second-order valence-electron chi connectivity index (χ2n) is 6.89. The number of rotatable bonds is 10. The Morgan fingerprint density at radius 3 is 2.30 bits per heavy atom. The highest BCUT2D eigenvalue weighted by atomic mass is 32.2. The van der Waals surface area contributed by atoms with Crippen LogP contribution in [0, 0.1) is 0 Å². The first-order valence-electron chi connectivity index (χ1n) is 9.80. The van der Waals surface area contributed by atoms with Gasteiger partial charge in [-0.3, -0.25) is 9.10 Å². The lowest BCUT2D eigenvalue weighted by Gasteiger charge is -2.24. The zero-order valence-electron chi connectivity index (χ0n) is 18.2. The van der Waals surface area contributed by atoms with E-state index in [2.05, 4.69) is 37.4 Å². The molecule has 0 unspecified atom stereocenters. The maximum absolute atomic E-state index is 12.6. The van der Waals surface area contributed by atoms with E-state index in [0.717, 1.165) is 34.5 Å². The van der Waals surface area contributed by atoms with Crippen LogP contribution in [0.4, 0.5) is 5.69 Å². The van der Waals surface area contributed by atoms with Crippen molar-refractivity contribution in [3.8, 4) is 11.5 Å². The highest BCUT2D eigenvalue weighted by Gasteiger charge is 2.24. The molecule has 1 N–H and O–H groups in total. The summed E-state index contributed by atoms with van der Waals surface area (Å²) in [5, 5.41) is 2.85. The number of carbonyl (C=O) groups is 1. The summed E-state index contributed by atoms with van der Waals surface area (Å²) < 4.78 is 36.3. The van der Waals surface area contributed by atoms with Crippen LogP contribution in [0.2, 0.25) is 0 Å². The van der Waals surface area contributed by atoms with Gasteiger partial charge in [-0.05, 0) is 41.7 Å². The fraction of sp³-hybridized carbons (Fsp3) is 0.409. The number of nitrogens with one attached hydrogen (secondary N) is 1. The number of amides is 1. The third-order valence-electron chi connectivity index (χ3n) is 4.88. The number of nitrogens with zero attached hydrogens (tertiary/aromatic N) is 1. The van der Waals surface area contributed by atoms with Gasteiger partial charge >= 0.3 is 0 Å². The quantitative estimate of drug-likeness (QED) is 0.622. The first-order chi connectivity index (χ1) is 14.2. The van der Waals surface area contributed by atoms with Crippen LogP contribution in [0.25, 0.3) is 0 Å². The van der Waals surface area contributed by atoms with Crippen molar-refractivity contribution in [3.63, 3.8) is 0 Å². The number of hydrogen-bond donors (Lipinski definition) is 1. The van der Waals surface area contributed by atoms with Crippen LogP contribution in [0.15, 0.2) is 36.4 Å². The molecule has 0 fully saturated rings. The molecule has 30 heavy (non-hydrogen) atoms. The fourth-order valence-corrected chi connectivity index (χ4v) is 4.02. The Kier molecular flexibility index (Phi) is 8.11. The molecule has 0 saturated carbocycles. The van der Waals surface area contributed by atoms with Gasteiger partial charge in [-0.25, -0.2) is 8.42 Å². The summed E-state index contributed by atoms with van der Waals surface area (Å²) in [6.45, 7) is 4.13. The molecule has 1 amide bonds. The van der Waals surface area contributed by atoms with Gasteiger partial charge in [-0.15, -0.1) is 0 Å². The molecular formula is C22H30N2O5S. The molecule has 164 valence electrons. The Morgan fingerprint density at radius 2 is 1.73 bits per heavy atom. The average molecular weight is 435 g/mol. The zero-order valence-corrected chi connectivity index (χ0v) is 19.0. The molecule has 0 aliphatic carbocycles. The molecule has 0 heterocycles. The third-order valence-corrected chi connectivity index (χ3v) is 6.01. The molecule has 8 heteroatoms. The first kappa shape index (κ1) is 23.5. The van der Waals surface area contributed by atoms with E-state index in [4.69, 9.17) is 9.47 Å². The Morgan fingerprint density at radius 1 is 1.00 bits per heavy atom. The monoisotopic (exact) mass is 434 g/mol. The van der Waals surface area contributed by atoms with Gasteiger partial charge in [0.1, 0.15) is 18.0 Å². The molecule has 0 aromatic heterocycles. The van der Waals surface area contributed by atoms with E-state index in [9.17, 15) is 13.2 Å². The van der Waals surface area contributed by atoms with Gasteiger partial charge in [0.25, 0.3) is 0 Å². The van der Waals surface area contributed by atoms with Crippen molar-refractivity contribution in [3.05, 3.63) is 53.1 Å². The molecule has 2 aromatic carbocycles. The lowest BCUT2D eigenvalue weighted by Crippen LogP contribution is -2.40. The predicted octanol–water partition coefficient (Wildman–Crippen LogP) is 2.91. The van der Waals surface area contributed by atoms with Crippen LogP contribution >= 0.6 is 0 Å². The summed E-state index contributed by atoms with van der Waals surface area (Å²) in [6.07, 6.45) is 2.82. The van der Waals surface area contributed by atoms with E-state index in [1.54, 1.807) is 18.2 Å². The van der Waals surface area contributed by atoms with Crippen LogP contribution in [0.3, 0.4) is 0 Å². The summed E-state index contributed by atoms with van der Waals surface area (Å²) in [5.41, 5.74) is 3.66. The van der Waals surface area contributed by atoms with E-state index < -0.39 is 15.9 Å². The van der Waals surface area contributed by atoms with E-state index >= 15 is 0 Å². The zero-order chi connectivity index (χ0) is 22.3. The number of benzene rings is 2. The van der Waals surface area contributed by atoms with Crippen LogP contribution in [0.1, 0.15) is 30.5 Å². The van der Waals surface area contributed by atoms with Gasteiger partial charge in [0.05, 0.1) is 26.2 Å². The molecular weight excluding hydrogens is 404 g/mol. The Balaban J connectivity index is 2.22. The number of aryl methyl sites for hydroxylation is 2. The number of methoxy groups -OCH3 is 2. The van der Waals surface area contributed by atoms with E-state index in [1.165, 1.54) is 19.8 Å². The van der Waals surface area contributed by atoms with Gasteiger partial charge in [-0.2, -0.15) is 0 Å². The minimum absolute atomic E-state index is 0.276. The van der Waals surface area contributed by atoms with Crippen molar-refractivity contribution in [2.75, 3.05) is 31.3 Å². The van der Waals surface area contributed by atoms with Crippen LogP contribution in [-0.2, 0) is 34.2 Å². The van der Waals surface area contributed by atoms with E-state index in [0.29, 0.717) is 18.0 Å². The topological polar surface area (TPSA) is 84.9 Å². The molecule has 0 radical (unpaired) electrons. The van der Waals surface area contributed by atoms with Crippen molar-refractivity contribution >= 4 is 21.6 Å². The lowest BCUT2D eigenvalue weighted by atomic mass is 10.0. The second-order valence-corrected chi connectivity index (χ2v) is 8.80. The molecule has 2 rings (SSSR count). The molecule has 7 nitrogen and oxygen atoms in total. The smallest absolute Gasteiger partial charge is 0.241 e. The van der Waals surface area contributed by atoms with Gasteiger partial charge in [0.2, 0.25) is 15.9 Å². The Labute approximate surface area is 179 Å². The lowest BCUT2D eigenvalue weighted by molar-refractivity contribution is -0.119. The SMILES string of the molecule is CCc1ccc(CC)c(CNC(=O)CN(c2ccc(OC)cc2OC)S(C)(=O)=O)c1. The predicted molar refractivity (Wildman–Crippen MR) is 119 cm³/mol. The van der Waals surface area contributed by atoms with Crippen molar-refractivity contribution in [2.24, 2.45) is 0 Å². The maximum atomic E-state index is 12.6. The summed E-state index contributed by atoms with van der Waals surface area (Å²) in [4.78, 5) is 12.6. The largest absolute Gasteiger partial charge is 0.497 e. The highest BCUT2D eigenvalue weighted by Crippen LogP contribution is 2.33. The van der Waals surface area contributed by atoms with Gasteiger partial charge < -0.3 is 14.8 Å². The number of anilines is 1. The normalized spacial score (nSPS) is 11.1. The van der Waals surface area contributed by atoms with Crippen molar-refractivity contribution in [2.45, 2.75) is 33.2 Å². The van der Waals surface area contributed by atoms with E-state index in [1.807, 2.05) is 0 Å². The summed E-state index contributed by atoms with van der Waals surface area (Å²) in [5.74, 6) is 0.426. The van der Waals surface area contributed by atoms with Crippen molar-refractivity contribution in [1.29, 1.82) is 0 Å². The first-order valence-corrected chi connectivity index (χ1v) is 11.6.